The molecule has 118 valence electrons. The van der Waals surface area contributed by atoms with Crippen molar-refractivity contribution in [1.82, 2.24) is 30.4 Å². The van der Waals surface area contributed by atoms with E-state index in [9.17, 15) is 0 Å². The molecule has 0 bridgehead atoms. The van der Waals surface area contributed by atoms with Gasteiger partial charge in [0.25, 0.3) is 0 Å². The molecule has 0 aliphatic heterocycles. The maximum absolute atomic E-state index is 5.67. The first-order valence-electron chi connectivity index (χ1n) is 7.52. The molecule has 2 aromatic heterocycles. The van der Waals surface area contributed by atoms with E-state index in [1.165, 1.54) is 17.3 Å². The largest absolute Gasteiger partial charge is 0.424 e. The van der Waals surface area contributed by atoms with Gasteiger partial charge in [-0.2, -0.15) is 4.68 Å². The quantitative estimate of drug-likeness (QED) is 0.666. The van der Waals surface area contributed by atoms with Crippen molar-refractivity contribution < 1.29 is 4.42 Å². The van der Waals surface area contributed by atoms with Crippen LogP contribution in [0.1, 0.15) is 41.7 Å². The SMILES string of the molecule is Cc1ccc(C)c(-n2nnnc2SCc2nnc(C3CC3)o2)c1. The molecule has 8 heteroatoms. The molecule has 1 fully saturated rings. The average molecular weight is 328 g/mol. The molecule has 1 aromatic carbocycles. The zero-order valence-electron chi connectivity index (χ0n) is 12.9. The topological polar surface area (TPSA) is 82.5 Å². The van der Waals surface area contributed by atoms with Crippen LogP contribution >= 0.6 is 11.8 Å². The number of benzene rings is 1. The summed E-state index contributed by atoms with van der Waals surface area (Å²) in [7, 11) is 0. The Kier molecular flexibility index (Phi) is 3.60. The third kappa shape index (κ3) is 2.98. The Morgan fingerprint density at radius 3 is 2.91 bits per heavy atom. The van der Waals surface area contributed by atoms with Crippen molar-refractivity contribution >= 4 is 11.8 Å². The molecule has 7 nitrogen and oxygen atoms in total. The highest BCUT2D eigenvalue weighted by atomic mass is 32.2. The van der Waals surface area contributed by atoms with E-state index >= 15 is 0 Å². The number of rotatable bonds is 5. The summed E-state index contributed by atoms with van der Waals surface area (Å²) in [5, 5.41) is 20.9. The van der Waals surface area contributed by atoms with Gasteiger partial charge in [0.1, 0.15) is 0 Å². The second kappa shape index (κ2) is 5.77. The van der Waals surface area contributed by atoms with Gasteiger partial charge < -0.3 is 4.42 Å². The van der Waals surface area contributed by atoms with E-state index in [0.29, 0.717) is 22.7 Å². The fourth-order valence-electron chi connectivity index (χ4n) is 2.31. The molecule has 0 N–H and O–H groups in total. The van der Waals surface area contributed by atoms with Crippen LogP contribution in [0.4, 0.5) is 0 Å². The van der Waals surface area contributed by atoms with Gasteiger partial charge >= 0.3 is 0 Å². The van der Waals surface area contributed by atoms with Crippen LogP contribution in [0.2, 0.25) is 0 Å². The van der Waals surface area contributed by atoms with Crippen LogP contribution < -0.4 is 0 Å². The first kappa shape index (κ1) is 14.4. The van der Waals surface area contributed by atoms with E-state index in [1.54, 1.807) is 4.68 Å². The molecule has 2 heterocycles. The van der Waals surface area contributed by atoms with Gasteiger partial charge in [0, 0.05) is 5.92 Å². The Balaban J connectivity index is 1.53. The first-order valence-corrected chi connectivity index (χ1v) is 8.50. The summed E-state index contributed by atoms with van der Waals surface area (Å²) in [5.41, 5.74) is 3.28. The highest BCUT2D eigenvalue weighted by Gasteiger charge is 2.29. The van der Waals surface area contributed by atoms with Gasteiger partial charge in [-0.25, -0.2) is 0 Å². The Labute approximate surface area is 137 Å². The molecule has 1 aliphatic rings. The Morgan fingerprint density at radius 2 is 2.09 bits per heavy atom. The van der Waals surface area contributed by atoms with Gasteiger partial charge in [-0.1, -0.05) is 23.9 Å². The van der Waals surface area contributed by atoms with E-state index in [2.05, 4.69) is 50.8 Å². The van der Waals surface area contributed by atoms with Gasteiger partial charge in [0.05, 0.1) is 11.4 Å². The molecule has 3 aromatic rings. The lowest BCUT2D eigenvalue weighted by Gasteiger charge is -2.07. The Bertz CT molecular complexity index is 838. The molecule has 0 unspecified atom stereocenters. The van der Waals surface area contributed by atoms with Crippen molar-refractivity contribution in [2.24, 2.45) is 0 Å². The lowest BCUT2D eigenvalue weighted by atomic mass is 10.1. The summed E-state index contributed by atoms with van der Waals surface area (Å²) in [6.07, 6.45) is 2.30. The molecule has 0 atom stereocenters. The molecule has 0 radical (unpaired) electrons. The number of nitrogens with zero attached hydrogens (tertiary/aromatic N) is 6. The van der Waals surface area contributed by atoms with Gasteiger partial charge in [0.2, 0.25) is 16.9 Å². The fraction of sp³-hybridized carbons (Fsp3) is 0.400. The molecule has 23 heavy (non-hydrogen) atoms. The Hall–Kier alpha value is -2.22. The molecule has 0 spiro atoms. The number of hydrogen-bond donors (Lipinski definition) is 0. The number of thioether (sulfide) groups is 1. The minimum Gasteiger partial charge on any atom is -0.424 e. The lowest BCUT2D eigenvalue weighted by molar-refractivity contribution is 0.466. The molecule has 4 rings (SSSR count). The first-order chi connectivity index (χ1) is 11.2. The summed E-state index contributed by atoms with van der Waals surface area (Å²) < 4.78 is 7.43. The fourth-order valence-corrected chi connectivity index (χ4v) is 3.03. The molecular formula is C15H16N6OS. The van der Waals surface area contributed by atoms with E-state index < -0.39 is 0 Å². The lowest BCUT2D eigenvalue weighted by Crippen LogP contribution is -2.02. The van der Waals surface area contributed by atoms with Gasteiger partial charge in [-0.3, -0.25) is 0 Å². The highest BCUT2D eigenvalue weighted by Crippen LogP contribution is 2.39. The second-order valence-corrected chi connectivity index (χ2v) is 6.70. The molecule has 1 saturated carbocycles. The van der Waals surface area contributed by atoms with Crippen LogP contribution in [0.15, 0.2) is 27.8 Å². The number of aromatic nitrogens is 6. The minimum absolute atomic E-state index is 0.474. The summed E-state index contributed by atoms with van der Waals surface area (Å²) in [5.74, 6) is 2.41. The zero-order valence-corrected chi connectivity index (χ0v) is 13.7. The number of tetrazole rings is 1. The van der Waals surface area contributed by atoms with E-state index in [1.807, 2.05) is 6.92 Å². The molecule has 1 aliphatic carbocycles. The monoisotopic (exact) mass is 328 g/mol. The van der Waals surface area contributed by atoms with Crippen molar-refractivity contribution in [2.45, 2.75) is 43.5 Å². The van der Waals surface area contributed by atoms with Crippen LogP contribution in [-0.2, 0) is 5.75 Å². The highest BCUT2D eigenvalue weighted by molar-refractivity contribution is 7.98. The predicted octanol–water partition coefficient (Wildman–Crippen LogP) is 2.83. The number of aryl methyl sites for hydroxylation is 2. The van der Waals surface area contributed by atoms with Gasteiger partial charge in [-0.05, 0) is 54.3 Å². The van der Waals surface area contributed by atoms with Gasteiger partial charge in [0.15, 0.2) is 0 Å². The third-order valence-electron chi connectivity index (χ3n) is 3.77. The summed E-state index contributed by atoms with van der Waals surface area (Å²) in [6.45, 7) is 4.10. The van der Waals surface area contributed by atoms with Crippen molar-refractivity contribution in [3.8, 4) is 5.69 Å². The number of hydrogen-bond acceptors (Lipinski definition) is 7. The van der Waals surface area contributed by atoms with Crippen LogP contribution in [0.3, 0.4) is 0 Å². The predicted molar refractivity (Wildman–Crippen MR) is 84.5 cm³/mol. The molecule has 0 amide bonds. The molecular weight excluding hydrogens is 312 g/mol. The smallest absolute Gasteiger partial charge is 0.226 e. The summed E-state index contributed by atoms with van der Waals surface area (Å²) in [6, 6.07) is 6.22. The minimum atomic E-state index is 0.474. The van der Waals surface area contributed by atoms with Crippen LogP contribution in [0, 0.1) is 13.8 Å². The van der Waals surface area contributed by atoms with Gasteiger partial charge in [-0.15, -0.1) is 15.3 Å². The Morgan fingerprint density at radius 1 is 1.22 bits per heavy atom. The third-order valence-corrected chi connectivity index (χ3v) is 4.67. The van der Waals surface area contributed by atoms with Crippen LogP contribution in [0.5, 0.6) is 0 Å². The maximum Gasteiger partial charge on any atom is 0.226 e. The van der Waals surface area contributed by atoms with Crippen LogP contribution in [-0.4, -0.2) is 30.4 Å². The van der Waals surface area contributed by atoms with E-state index in [4.69, 9.17) is 4.42 Å². The van der Waals surface area contributed by atoms with Crippen molar-refractivity contribution in [3.63, 3.8) is 0 Å². The van der Waals surface area contributed by atoms with Crippen molar-refractivity contribution in [2.75, 3.05) is 0 Å². The second-order valence-electron chi connectivity index (χ2n) is 5.76. The van der Waals surface area contributed by atoms with Crippen LogP contribution in [0.25, 0.3) is 5.69 Å². The average Bonchev–Trinajstić information content (AvgIpc) is 3.10. The van der Waals surface area contributed by atoms with E-state index in [-0.39, 0.29) is 0 Å². The maximum atomic E-state index is 5.67. The van der Waals surface area contributed by atoms with Crippen molar-refractivity contribution in [3.05, 3.63) is 41.1 Å². The zero-order chi connectivity index (χ0) is 15.8. The summed E-state index contributed by atoms with van der Waals surface area (Å²) in [4.78, 5) is 0. The normalized spacial score (nSPS) is 14.3. The standard InChI is InChI=1S/C15H16N6OS/c1-9-3-4-10(2)12(7-9)21-15(18-19-20-21)23-8-13-16-17-14(22-13)11-5-6-11/h3-4,7,11H,5-6,8H2,1-2H3. The molecule has 0 saturated heterocycles. The van der Waals surface area contributed by atoms with Crippen molar-refractivity contribution in [1.29, 1.82) is 0 Å². The van der Waals surface area contributed by atoms with E-state index in [0.717, 1.165) is 30.0 Å². The summed E-state index contributed by atoms with van der Waals surface area (Å²) >= 11 is 1.49.